The van der Waals surface area contributed by atoms with Gasteiger partial charge in [0.2, 0.25) is 0 Å². The highest BCUT2D eigenvalue weighted by Gasteiger charge is 2.14. The quantitative estimate of drug-likeness (QED) is 0.637. The molecular formula is C10H11BrOS. The number of ketones is 1. The molecule has 0 fully saturated rings. The lowest BCUT2D eigenvalue weighted by atomic mass is 10.0. The van der Waals surface area contributed by atoms with Crippen molar-refractivity contribution in [3.8, 4) is 0 Å². The number of hydrogen-bond acceptors (Lipinski definition) is 2. The van der Waals surface area contributed by atoms with Crippen molar-refractivity contribution >= 4 is 34.3 Å². The van der Waals surface area contributed by atoms with Crippen LogP contribution in [0.4, 0.5) is 0 Å². The molecule has 1 unspecified atom stereocenters. The van der Waals surface area contributed by atoms with E-state index in [4.69, 9.17) is 0 Å². The number of thiol groups is 1. The van der Waals surface area contributed by atoms with Crippen LogP contribution < -0.4 is 0 Å². The molecule has 0 spiro atoms. The summed E-state index contributed by atoms with van der Waals surface area (Å²) < 4.78 is 0. The number of alkyl halides is 1. The van der Waals surface area contributed by atoms with E-state index in [1.807, 2.05) is 25.1 Å². The van der Waals surface area contributed by atoms with Gasteiger partial charge in [-0.2, -0.15) is 0 Å². The molecule has 0 N–H and O–H groups in total. The van der Waals surface area contributed by atoms with Gasteiger partial charge < -0.3 is 0 Å². The van der Waals surface area contributed by atoms with Crippen LogP contribution in [0.15, 0.2) is 23.1 Å². The fraction of sp³-hybridized carbons (Fsp3) is 0.300. The van der Waals surface area contributed by atoms with Gasteiger partial charge in [-0.05, 0) is 37.1 Å². The second kappa shape index (κ2) is 4.29. The number of halogens is 1. The van der Waals surface area contributed by atoms with Gasteiger partial charge >= 0.3 is 0 Å². The van der Waals surface area contributed by atoms with Crippen LogP contribution in [0.5, 0.6) is 0 Å². The van der Waals surface area contributed by atoms with E-state index >= 15 is 0 Å². The first kappa shape index (κ1) is 10.8. The number of rotatable bonds is 2. The van der Waals surface area contributed by atoms with Crippen LogP contribution in [0.1, 0.15) is 22.9 Å². The van der Waals surface area contributed by atoms with Crippen LogP contribution in [0.3, 0.4) is 0 Å². The largest absolute Gasteiger partial charge is 0.298 e. The van der Waals surface area contributed by atoms with Crippen molar-refractivity contribution in [3.63, 3.8) is 0 Å². The molecule has 0 bridgehead atoms. The molecule has 13 heavy (non-hydrogen) atoms. The highest BCUT2D eigenvalue weighted by molar-refractivity contribution is 9.09. The lowest BCUT2D eigenvalue weighted by molar-refractivity contribution is -0.116. The van der Waals surface area contributed by atoms with E-state index in [1.54, 1.807) is 6.92 Å². The van der Waals surface area contributed by atoms with Crippen molar-refractivity contribution < 1.29 is 4.79 Å². The molecule has 0 amide bonds. The summed E-state index contributed by atoms with van der Waals surface area (Å²) >= 11 is 7.58. The molecule has 0 heterocycles. The van der Waals surface area contributed by atoms with Crippen LogP contribution >= 0.6 is 28.6 Å². The molecule has 0 aromatic heterocycles. The monoisotopic (exact) mass is 258 g/mol. The second-order valence-corrected chi connectivity index (χ2v) is 4.45. The fourth-order valence-electron chi connectivity index (χ4n) is 1.12. The maximum absolute atomic E-state index is 11.1. The van der Waals surface area contributed by atoms with Gasteiger partial charge in [0, 0.05) is 4.90 Å². The van der Waals surface area contributed by atoms with Gasteiger partial charge in [0.25, 0.3) is 0 Å². The average Bonchev–Trinajstić information content (AvgIpc) is 2.08. The lowest BCUT2D eigenvalue weighted by Gasteiger charge is -2.10. The van der Waals surface area contributed by atoms with Crippen molar-refractivity contribution in [3.05, 3.63) is 29.3 Å². The van der Waals surface area contributed by atoms with E-state index < -0.39 is 0 Å². The molecule has 1 nitrogen and oxygen atoms in total. The normalized spacial score (nSPS) is 12.6. The summed E-state index contributed by atoms with van der Waals surface area (Å²) in [5, 5.41) is 0. The van der Waals surface area contributed by atoms with Crippen LogP contribution in [0.25, 0.3) is 0 Å². The van der Waals surface area contributed by atoms with Gasteiger partial charge in [-0.1, -0.05) is 22.0 Å². The maximum atomic E-state index is 11.1. The Labute approximate surface area is 92.1 Å². The zero-order valence-electron chi connectivity index (χ0n) is 7.54. The fourth-order valence-corrected chi connectivity index (χ4v) is 1.83. The van der Waals surface area contributed by atoms with Crippen molar-refractivity contribution in [2.75, 3.05) is 0 Å². The number of carbonyl (C=O) groups is 1. The molecule has 0 radical (unpaired) electrons. The Hall–Kier alpha value is -0.280. The lowest BCUT2D eigenvalue weighted by Crippen LogP contribution is -2.02. The summed E-state index contributed by atoms with van der Waals surface area (Å²) in [6.07, 6.45) is 0. The second-order valence-electron chi connectivity index (χ2n) is 3.01. The first-order valence-electron chi connectivity index (χ1n) is 3.96. The first-order valence-corrected chi connectivity index (χ1v) is 5.32. The van der Waals surface area contributed by atoms with E-state index in [1.165, 1.54) is 0 Å². The van der Waals surface area contributed by atoms with Crippen molar-refractivity contribution in [1.29, 1.82) is 0 Å². The van der Waals surface area contributed by atoms with Crippen LogP contribution in [-0.4, -0.2) is 5.78 Å². The smallest absolute Gasteiger partial charge is 0.147 e. The van der Waals surface area contributed by atoms with E-state index in [0.29, 0.717) is 0 Å². The third-order valence-corrected chi connectivity index (χ3v) is 3.31. The topological polar surface area (TPSA) is 17.1 Å². The summed E-state index contributed by atoms with van der Waals surface area (Å²) in [5.74, 6) is 0.113. The summed E-state index contributed by atoms with van der Waals surface area (Å²) in [4.78, 5) is 11.8. The maximum Gasteiger partial charge on any atom is 0.147 e. The molecule has 1 rings (SSSR count). The van der Waals surface area contributed by atoms with Crippen molar-refractivity contribution in [2.45, 2.75) is 23.6 Å². The van der Waals surface area contributed by atoms with Crippen molar-refractivity contribution in [1.82, 2.24) is 0 Å². The molecule has 1 aromatic carbocycles. The van der Waals surface area contributed by atoms with Gasteiger partial charge in [-0.25, -0.2) is 0 Å². The minimum absolute atomic E-state index is 0.113. The Balaban J connectivity index is 3.12. The standard InChI is InChI=1S/C10H11BrOS/c1-6-3-4-8(13)5-9(6)10(11)7(2)12/h3-5,10,13H,1-2H3. The number of aryl methyl sites for hydroxylation is 1. The van der Waals surface area contributed by atoms with E-state index in [-0.39, 0.29) is 10.6 Å². The Morgan fingerprint density at radius 1 is 1.54 bits per heavy atom. The zero-order valence-corrected chi connectivity index (χ0v) is 10.0. The minimum atomic E-state index is -0.209. The molecule has 0 saturated heterocycles. The van der Waals surface area contributed by atoms with Crippen molar-refractivity contribution in [2.24, 2.45) is 0 Å². The van der Waals surface area contributed by atoms with E-state index in [0.717, 1.165) is 16.0 Å². The van der Waals surface area contributed by atoms with Gasteiger partial charge in [0.15, 0.2) is 0 Å². The Bertz CT molecular complexity index is 336. The van der Waals surface area contributed by atoms with Crippen LogP contribution in [-0.2, 0) is 4.79 Å². The Morgan fingerprint density at radius 3 is 2.69 bits per heavy atom. The van der Waals surface area contributed by atoms with Gasteiger partial charge in [-0.15, -0.1) is 12.6 Å². The molecular weight excluding hydrogens is 248 g/mol. The zero-order chi connectivity index (χ0) is 10.0. The highest BCUT2D eigenvalue weighted by atomic mass is 79.9. The summed E-state index contributed by atoms with van der Waals surface area (Å²) in [6.45, 7) is 3.56. The SMILES string of the molecule is CC(=O)C(Br)c1cc(S)ccc1C. The predicted molar refractivity (Wildman–Crippen MR) is 60.8 cm³/mol. The molecule has 0 aliphatic rings. The van der Waals surface area contributed by atoms with E-state index in [9.17, 15) is 4.79 Å². The average molecular weight is 259 g/mol. The molecule has 0 aliphatic carbocycles. The van der Waals surface area contributed by atoms with E-state index in [2.05, 4.69) is 28.6 Å². The minimum Gasteiger partial charge on any atom is -0.298 e. The van der Waals surface area contributed by atoms with Gasteiger partial charge in [-0.3, -0.25) is 4.79 Å². The third kappa shape index (κ3) is 2.58. The number of Topliss-reactive ketones (excluding diaryl/α,β-unsaturated/α-hetero) is 1. The molecule has 1 aromatic rings. The molecule has 70 valence electrons. The number of carbonyl (C=O) groups excluding carboxylic acids is 1. The number of hydrogen-bond donors (Lipinski definition) is 1. The first-order chi connectivity index (χ1) is 6.02. The van der Waals surface area contributed by atoms with Crippen LogP contribution in [0.2, 0.25) is 0 Å². The predicted octanol–water partition coefficient (Wildman–Crippen LogP) is 3.31. The molecule has 3 heteroatoms. The highest BCUT2D eigenvalue weighted by Crippen LogP contribution is 2.28. The Kier molecular flexibility index (Phi) is 3.56. The molecule has 0 aliphatic heterocycles. The van der Waals surface area contributed by atoms with Gasteiger partial charge in [0.1, 0.15) is 5.78 Å². The summed E-state index contributed by atoms with van der Waals surface area (Å²) in [7, 11) is 0. The summed E-state index contributed by atoms with van der Waals surface area (Å²) in [6, 6.07) is 5.80. The van der Waals surface area contributed by atoms with Crippen LogP contribution in [0, 0.1) is 6.92 Å². The number of benzene rings is 1. The molecule has 0 saturated carbocycles. The van der Waals surface area contributed by atoms with Gasteiger partial charge in [0.05, 0.1) is 4.83 Å². The Morgan fingerprint density at radius 2 is 2.15 bits per heavy atom. The summed E-state index contributed by atoms with van der Waals surface area (Å²) in [5.41, 5.74) is 2.11. The molecule has 1 atom stereocenters. The third-order valence-electron chi connectivity index (χ3n) is 1.89.